The summed E-state index contributed by atoms with van der Waals surface area (Å²) in [5.41, 5.74) is 5.33. The summed E-state index contributed by atoms with van der Waals surface area (Å²) in [6.07, 6.45) is 9.01. The third-order valence-electron chi connectivity index (χ3n) is 9.17. The molecule has 2 aliphatic rings. The van der Waals surface area contributed by atoms with Crippen molar-refractivity contribution in [2.75, 3.05) is 27.8 Å². The number of halogens is 2. The summed E-state index contributed by atoms with van der Waals surface area (Å²) in [7, 11) is 4.79. The maximum Gasteiger partial charge on any atom is 0.237 e. The van der Waals surface area contributed by atoms with E-state index in [2.05, 4.69) is 20.5 Å². The second kappa shape index (κ2) is 15.5. The predicted octanol–water partition coefficient (Wildman–Crippen LogP) is 5.90. The Morgan fingerprint density at radius 3 is 2.08 bits per heavy atom. The number of likely N-dealkylation sites (N-methyl/N-ethyl adjacent to an activating group) is 1. The lowest BCUT2D eigenvalue weighted by atomic mass is 9.98. The first-order valence-electron chi connectivity index (χ1n) is 16.4. The largest absolute Gasteiger partial charge is 0.480 e. The number of likely N-dealkylation sites (tertiary alicyclic amines) is 1. The average molecular weight is 705 g/mol. The molecule has 2 aromatic carbocycles. The van der Waals surface area contributed by atoms with E-state index in [-0.39, 0.29) is 23.9 Å². The van der Waals surface area contributed by atoms with Gasteiger partial charge in [-0.3, -0.25) is 24.5 Å². The minimum atomic E-state index is -0.203. The lowest BCUT2D eigenvalue weighted by molar-refractivity contribution is -0.125. The van der Waals surface area contributed by atoms with E-state index in [9.17, 15) is 9.59 Å². The highest BCUT2D eigenvalue weighted by Crippen LogP contribution is 2.42. The van der Waals surface area contributed by atoms with Crippen LogP contribution in [0.5, 0.6) is 11.8 Å². The molecule has 6 rings (SSSR count). The zero-order valence-electron chi connectivity index (χ0n) is 27.8. The molecule has 2 N–H and O–H groups in total. The van der Waals surface area contributed by atoms with Gasteiger partial charge in [0.1, 0.15) is 11.4 Å². The van der Waals surface area contributed by atoms with Gasteiger partial charge < -0.3 is 20.1 Å². The van der Waals surface area contributed by atoms with E-state index in [0.29, 0.717) is 69.4 Å². The van der Waals surface area contributed by atoms with Crippen molar-refractivity contribution in [3.63, 3.8) is 0 Å². The molecule has 0 aliphatic carbocycles. The molecule has 2 saturated heterocycles. The number of ether oxygens (including phenoxy) is 2. The fourth-order valence-corrected chi connectivity index (χ4v) is 7.27. The highest BCUT2D eigenvalue weighted by Gasteiger charge is 2.31. The molecule has 11 nitrogen and oxygen atoms in total. The molecule has 4 aromatic rings. The molecule has 2 aliphatic heterocycles. The van der Waals surface area contributed by atoms with E-state index >= 15 is 0 Å². The summed E-state index contributed by atoms with van der Waals surface area (Å²) >= 11 is 14.1. The first kappa shape index (κ1) is 34.5. The topological polar surface area (TPSA) is 131 Å². The molecular weight excluding hydrogens is 665 g/mol. The number of aromatic nitrogens is 4. The number of amides is 2. The van der Waals surface area contributed by atoms with Crippen LogP contribution in [0.15, 0.2) is 48.8 Å². The minimum absolute atomic E-state index is 0.00114. The lowest BCUT2D eigenvalue weighted by Crippen LogP contribution is -2.41. The van der Waals surface area contributed by atoms with Gasteiger partial charge in [-0.1, -0.05) is 59.6 Å². The Kier molecular flexibility index (Phi) is 10.9. The maximum absolute atomic E-state index is 12.4. The smallest absolute Gasteiger partial charge is 0.237 e. The zero-order chi connectivity index (χ0) is 34.5. The van der Waals surface area contributed by atoms with Gasteiger partial charge in [0.25, 0.3) is 0 Å². The summed E-state index contributed by atoms with van der Waals surface area (Å²) < 4.78 is 11.3. The van der Waals surface area contributed by atoms with Crippen LogP contribution in [0, 0.1) is 0 Å². The highest BCUT2D eigenvalue weighted by molar-refractivity contribution is 6.39. The predicted molar refractivity (Wildman–Crippen MR) is 189 cm³/mol. The van der Waals surface area contributed by atoms with E-state index in [1.807, 2.05) is 36.4 Å². The number of carbonyl (C=O) groups excluding carboxylic acids is 2. The fraction of sp³-hybridized carbons (Fsp3) is 0.389. The van der Waals surface area contributed by atoms with Crippen LogP contribution in [-0.4, -0.2) is 76.5 Å². The van der Waals surface area contributed by atoms with Gasteiger partial charge in [0.2, 0.25) is 23.6 Å². The monoisotopic (exact) mass is 703 g/mol. The summed E-state index contributed by atoms with van der Waals surface area (Å²) in [5.74, 6) is 0.940. The molecule has 0 bridgehead atoms. The number of methoxy groups -OCH3 is 2. The Balaban J connectivity index is 1.24. The van der Waals surface area contributed by atoms with E-state index in [0.717, 1.165) is 55.5 Å². The Morgan fingerprint density at radius 1 is 0.918 bits per heavy atom. The van der Waals surface area contributed by atoms with E-state index in [1.54, 1.807) is 33.7 Å². The number of carbonyl (C=O) groups is 2. The van der Waals surface area contributed by atoms with E-state index in [1.165, 1.54) is 0 Å². The zero-order valence-corrected chi connectivity index (χ0v) is 29.3. The number of nitrogens with one attached hydrogen (secondary N) is 2. The van der Waals surface area contributed by atoms with Crippen LogP contribution in [0.2, 0.25) is 10.0 Å². The lowest BCUT2D eigenvalue weighted by Gasteiger charge is -2.23. The van der Waals surface area contributed by atoms with Gasteiger partial charge in [0.15, 0.2) is 0 Å². The third-order valence-corrected chi connectivity index (χ3v) is 9.98. The normalized spacial score (nSPS) is 17.6. The van der Waals surface area contributed by atoms with Crippen LogP contribution in [0.1, 0.15) is 49.9 Å². The van der Waals surface area contributed by atoms with Gasteiger partial charge >= 0.3 is 0 Å². The van der Waals surface area contributed by atoms with E-state index < -0.39 is 0 Å². The number of benzene rings is 2. The maximum atomic E-state index is 12.4. The van der Waals surface area contributed by atoms with Crippen molar-refractivity contribution in [2.45, 2.75) is 63.6 Å². The summed E-state index contributed by atoms with van der Waals surface area (Å²) in [6.45, 7) is 1.24. The van der Waals surface area contributed by atoms with Crippen molar-refractivity contribution < 1.29 is 19.1 Å². The number of rotatable bonds is 12. The first-order chi connectivity index (χ1) is 23.8. The Morgan fingerprint density at radius 2 is 1.51 bits per heavy atom. The van der Waals surface area contributed by atoms with Crippen molar-refractivity contribution in [2.24, 2.45) is 0 Å². The van der Waals surface area contributed by atoms with Crippen LogP contribution in [0.3, 0.4) is 0 Å². The van der Waals surface area contributed by atoms with Crippen molar-refractivity contribution in [3.8, 4) is 45.4 Å². The van der Waals surface area contributed by atoms with Crippen molar-refractivity contribution >= 4 is 35.0 Å². The SMILES string of the molecule is CNC(=O)[C@@H]1CCCN1Cc1ncc(-c2cccc(-c3cccc(-c4cnc(CCC[C@@H]5CCC(=O)N5)c(OC)n4)c3Cl)c2Cl)nc1OC. The van der Waals surface area contributed by atoms with Crippen molar-refractivity contribution in [1.29, 1.82) is 0 Å². The van der Waals surface area contributed by atoms with Gasteiger partial charge in [-0.15, -0.1) is 0 Å². The second-order valence-electron chi connectivity index (χ2n) is 12.2. The van der Waals surface area contributed by atoms with Crippen molar-refractivity contribution in [3.05, 3.63) is 70.2 Å². The van der Waals surface area contributed by atoms with Crippen LogP contribution >= 0.6 is 23.2 Å². The fourth-order valence-electron chi connectivity index (χ4n) is 6.62. The third kappa shape index (κ3) is 7.49. The molecule has 4 heterocycles. The van der Waals surface area contributed by atoms with Gasteiger partial charge in [-0.25, -0.2) is 9.97 Å². The quantitative estimate of drug-likeness (QED) is 0.185. The molecule has 49 heavy (non-hydrogen) atoms. The Bertz CT molecular complexity index is 1860. The van der Waals surface area contributed by atoms with Gasteiger partial charge in [0, 0.05) is 48.3 Å². The van der Waals surface area contributed by atoms with Crippen molar-refractivity contribution in [1.82, 2.24) is 35.5 Å². The first-order valence-corrected chi connectivity index (χ1v) is 17.2. The van der Waals surface area contributed by atoms with Gasteiger partial charge in [-0.2, -0.15) is 0 Å². The molecule has 0 unspecified atom stereocenters. The number of hydrogen-bond donors (Lipinski definition) is 2. The standard InChI is InChI=1S/C36H39Cl2N7O4/c1-39-34(47)30-14-7-17-45(30)20-29-36(49-3)44-28(19-41-29)25-12-6-10-23(33(25)38)22-9-5-11-24(32(22)37)27-18-40-26(35(43-27)48-2)13-4-8-21-15-16-31(46)42-21/h5-6,9-12,18-19,21,30H,4,7-8,13-17,20H2,1-3H3,(H,39,47)(H,42,46)/t21-,30+/m1/s1. The molecule has 2 fully saturated rings. The molecule has 0 radical (unpaired) electrons. The van der Waals surface area contributed by atoms with Crippen LogP contribution in [0.25, 0.3) is 33.6 Å². The molecule has 2 aromatic heterocycles. The van der Waals surface area contributed by atoms with Crippen LogP contribution in [-0.2, 0) is 22.6 Å². The average Bonchev–Trinajstić information content (AvgIpc) is 3.77. The molecule has 0 spiro atoms. The Hall–Kier alpha value is -4.32. The number of aryl methyl sites for hydroxylation is 1. The van der Waals surface area contributed by atoms with Crippen LogP contribution < -0.4 is 20.1 Å². The summed E-state index contributed by atoms with van der Waals surface area (Å²) in [5, 5.41) is 6.69. The molecule has 0 saturated carbocycles. The number of hydrogen-bond acceptors (Lipinski definition) is 9. The highest BCUT2D eigenvalue weighted by atomic mass is 35.5. The van der Waals surface area contributed by atoms with E-state index in [4.69, 9.17) is 47.6 Å². The summed E-state index contributed by atoms with van der Waals surface area (Å²) in [4.78, 5) is 44.9. The molecule has 256 valence electrons. The molecular formula is C36H39Cl2N7O4. The second-order valence-corrected chi connectivity index (χ2v) is 13.0. The molecule has 13 heteroatoms. The van der Waals surface area contributed by atoms with Gasteiger partial charge in [-0.05, 0) is 45.1 Å². The van der Waals surface area contributed by atoms with Gasteiger partial charge in [0.05, 0.1) is 54.1 Å². The molecule has 2 atom stereocenters. The molecule has 2 amide bonds. The Labute approximate surface area is 295 Å². The number of nitrogens with zero attached hydrogens (tertiary/aromatic N) is 5. The van der Waals surface area contributed by atoms with Crippen LogP contribution in [0.4, 0.5) is 0 Å². The summed E-state index contributed by atoms with van der Waals surface area (Å²) in [6, 6.07) is 11.4. The minimum Gasteiger partial charge on any atom is -0.480 e.